The molecule has 0 unspecified atom stereocenters. The zero-order valence-corrected chi connectivity index (χ0v) is 13.8. The van der Waals surface area contributed by atoms with Crippen molar-refractivity contribution in [2.24, 2.45) is 0 Å². The zero-order valence-electron chi connectivity index (χ0n) is 11.6. The number of hydrogen-bond donors (Lipinski definition) is 0. The molecule has 0 spiro atoms. The largest absolute Gasteiger partial charge is 0.277 e. The highest BCUT2D eigenvalue weighted by Crippen LogP contribution is 2.29. The summed E-state index contributed by atoms with van der Waals surface area (Å²) in [4.78, 5) is 11.8. The lowest BCUT2D eigenvalue weighted by atomic mass is 10.00. The first-order valence-corrected chi connectivity index (χ1v) is 7.93. The molecule has 2 aromatic rings. The lowest BCUT2D eigenvalue weighted by molar-refractivity contribution is -0.120. The van der Waals surface area contributed by atoms with E-state index in [1.54, 1.807) is 3.11 Å². The summed E-state index contributed by atoms with van der Waals surface area (Å²) in [5, 5.41) is 0. The van der Waals surface area contributed by atoms with Crippen molar-refractivity contribution in [1.82, 2.24) is 3.11 Å². The van der Waals surface area contributed by atoms with Crippen molar-refractivity contribution in [3.63, 3.8) is 0 Å². The highest BCUT2D eigenvalue weighted by molar-refractivity contribution is 14.1. The average Bonchev–Trinajstić information content (AvgIpc) is 2.76. The third kappa shape index (κ3) is 3.02. The van der Waals surface area contributed by atoms with E-state index >= 15 is 0 Å². The molecule has 0 bridgehead atoms. The topological polar surface area (TPSA) is 20.3 Å². The van der Waals surface area contributed by atoms with Crippen LogP contribution in [0, 0.1) is 0 Å². The van der Waals surface area contributed by atoms with Crippen molar-refractivity contribution in [1.29, 1.82) is 0 Å². The lowest BCUT2D eigenvalue weighted by Crippen LogP contribution is -2.24. The number of carbonyl (C=O) groups excluding carboxylic acids is 1. The zero-order chi connectivity index (χ0) is 14.8. The second-order valence-corrected chi connectivity index (χ2v) is 6.38. The molecule has 1 amide bonds. The van der Waals surface area contributed by atoms with Crippen LogP contribution in [0.1, 0.15) is 12.0 Å². The van der Waals surface area contributed by atoms with Gasteiger partial charge in [-0.2, -0.15) is 0 Å². The van der Waals surface area contributed by atoms with Crippen molar-refractivity contribution in [2.45, 2.75) is 18.9 Å². The highest BCUT2D eigenvalue weighted by Gasteiger charge is 2.32. The van der Waals surface area contributed by atoms with Crippen LogP contribution < -0.4 is 0 Å². The van der Waals surface area contributed by atoms with E-state index in [-0.39, 0.29) is 11.9 Å². The number of rotatable bonds is 3. The minimum Gasteiger partial charge on any atom is -0.277 e. The Morgan fingerprint density at radius 2 is 1.67 bits per heavy atom. The summed E-state index contributed by atoms with van der Waals surface area (Å²) >= 11 is 2.10. The molecule has 21 heavy (non-hydrogen) atoms. The first kappa shape index (κ1) is 14.3. The summed E-state index contributed by atoms with van der Waals surface area (Å²) in [6.07, 6.45) is 1.64. The number of carbonyl (C=O) groups is 1. The summed E-state index contributed by atoms with van der Waals surface area (Å²) in [6.45, 7) is 3.84. The van der Waals surface area contributed by atoms with Gasteiger partial charge in [-0.15, -0.1) is 0 Å². The van der Waals surface area contributed by atoms with Crippen molar-refractivity contribution < 1.29 is 4.79 Å². The number of amides is 1. The Labute approximate surface area is 139 Å². The molecule has 1 saturated heterocycles. The number of hydrogen-bond acceptors (Lipinski definition) is 1. The molecule has 0 radical (unpaired) electrons. The smallest absolute Gasteiger partial charge is 0.258 e. The molecule has 0 saturated carbocycles. The molecular formula is C18H16INO. The van der Waals surface area contributed by atoms with Crippen LogP contribution in [0.2, 0.25) is 0 Å². The molecule has 0 N–H and O–H groups in total. The van der Waals surface area contributed by atoms with E-state index in [0.29, 0.717) is 0 Å². The molecule has 1 heterocycles. The molecule has 3 heteroatoms. The van der Waals surface area contributed by atoms with Gasteiger partial charge in [0.05, 0.1) is 28.9 Å². The number of halogens is 1. The molecule has 106 valence electrons. The third-order valence-corrected chi connectivity index (χ3v) is 5.06. The summed E-state index contributed by atoms with van der Waals surface area (Å²) in [6, 6.07) is 19.2. The standard InChI is InChI=1S/C18H16INO/c1-13-11-17(20(19)18(13)21)12-14-7-9-16(10-8-14)15-5-3-2-4-6-15/h2-10,17H,1,11-12H2/t17-/m0/s1. The van der Waals surface area contributed by atoms with E-state index in [2.05, 4.69) is 65.8 Å². The predicted octanol–water partition coefficient (Wildman–Crippen LogP) is 4.40. The van der Waals surface area contributed by atoms with Gasteiger partial charge in [-0.3, -0.25) is 7.91 Å². The van der Waals surface area contributed by atoms with E-state index in [4.69, 9.17) is 0 Å². The highest BCUT2D eigenvalue weighted by atomic mass is 127. The van der Waals surface area contributed by atoms with Crippen LogP contribution in [0.4, 0.5) is 0 Å². The SMILES string of the molecule is C=C1C[C@@H](Cc2ccc(-c3ccccc3)cc2)N(I)C1=O. The van der Waals surface area contributed by atoms with Gasteiger partial charge in [0.25, 0.3) is 5.91 Å². The molecule has 1 atom stereocenters. The van der Waals surface area contributed by atoms with Crippen LogP contribution in [-0.4, -0.2) is 15.1 Å². The average molecular weight is 389 g/mol. The van der Waals surface area contributed by atoms with Crippen LogP contribution in [-0.2, 0) is 11.2 Å². The van der Waals surface area contributed by atoms with Crippen LogP contribution in [0.15, 0.2) is 66.7 Å². The van der Waals surface area contributed by atoms with E-state index in [0.717, 1.165) is 18.4 Å². The van der Waals surface area contributed by atoms with E-state index in [1.807, 2.05) is 18.2 Å². The van der Waals surface area contributed by atoms with Crippen LogP contribution in [0.3, 0.4) is 0 Å². The van der Waals surface area contributed by atoms with Crippen LogP contribution in [0.25, 0.3) is 11.1 Å². The molecule has 1 aliphatic rings. The molecule has 0 aromatic heterocycles. The Bertz CT molecular complexity index is 663. The monoisotopic (exact) mass is 389 g/mol. The molecule has 2 nitrogen and oxygen atoms in total. The summed E-state index contributed by atoms with van der Waals surface area (Å²) in [5.74, 6) is 0.0708. The lowest BCUT2D eigenvalue weighted by Gasteiger charge is -2.17. The first-order valence-electron chi connectivity index (χ1n) is 6.96. The first-order chi connectivity index (χ1) is 10.1. The number of benzene rings is 2. The van der Waals surface area contributed by atoms with Gasteiger partial charge in [-0.25, -0.2) is 0 Å². The normalized spacial score (nSPS) is 18.3. The summed E-state index contributed by atoms with van der Waals surface area (Å²) < 4.78 is 1.78. The maximum Gasteiger partial charge on any atom is 0.258 e. The Morgan fingerprint density at radius 3 is 2.24 bits per heavy atom. The van der Waals surface area contributed by atoms with Gasteiger partial charge in [0, 0.05) is 5.57 Å². The Morgan fingerprint density at radius 1 is 1.05 bits per heavy atom. The second-order valence-electron chi connectivity index (χ2n) is 5.34. The minimum atomic E-state index is 0.0708. The Hall–Kier alpha value is -1.62. The van der Waals surface area contributed by atoms with Gasteiger partial charge >= 0.3 is 0 Å². The van der Waals surface area contributed by atoms with Crippen molar-refractivity contribution in [3.05, 3.63) is 72.3 Å². The fourth-order valence-electron chi connectivity index (χ4n) is 2.66. The van der Waals surface area contributed by atoms with Crippen LogP contribution in [0.5, 0.6) is 0 Å². The van der Waals surface area contributed by atoms with Gasteiger partial charge in [0.15, 0.2) is 0 Å². The third-order valence-electron chi connectivity index (χ3n) is 3.83. The molecule has 1 aliphatic heterocycles. The van der Waals surface area contributed by atoms with Crippen molar-refractivity contribution in [3.8, 4) is 11.1 Å². The summed E-state index contributed by atoms with van der Waals surface area (Å²) in [5.41, 5.74) is 4.42. The van der Waals surface area contributed by atoms with E-state index in [1.165, 1.54) is 16.7 Å². The van der Waals surface area contributed by atoms with Crippen molar-refractivity contribution >= 4 is 28.8 Å². The van der Waals surface area contributed by atoms with Gasteiger partial charge in [0.1, 0.15) is 0 Å². The van der Waals surface area contributed by atoms with Gasteiger partial charge in [-0.1, -0.05) is 61.2 Å². The molecule has 3 rings (SSSR count). The second kappa shape index (κ2) is 6.02. The van der Waals surface area contributed by atoms with Gasteiger partial charge in [0.2, 0.25) is 0 Å². The number of nitrogens with zero attached hydrogens (tertiary/aromatic N) is 1. The Balaban J connectivity index is 1.74. The van der Waals surface area contributed by atoms with E-state index < -0.39 is 0 Å². The van der Waals surface area contributed by atoms with Gasteiger partial charge < -0.3 is 0 Å². The maximum atomic E-state index is 11.8. The molecular weight excluding hydrogens is 373 g/mol. The van der Waals surface area contributed by atoms with E-state index in [9.17, 15) is 4.79 Å². The van der Waals surface area contributed by atoms with Crippen molar-refractivity contribution in [2.75, 3.05) is 0 Å². The predicted molar refractivity (Wildman–Crippen MR) is 94.0 cm³/mol. The molecule has 1 fully saturated rings. The van der Waals surface area contributed by atoms with Gasteiger partial charge in [-0.05, 0) is 29.5 Å². The quantitative estimate of drug-likeness (QED) is 0.433. The Kier molecular flexibility index (Phi) is 4.10. The molecule has 0 aliphatic carbocycles. The minimum absolute atomic E-state index is 0.0708. The fourth-order valence-corrected chi connectivity index (χ4v) is 3.39. The maximum absolute atomic E-state index is 11.8. The van der Waals surface area contributed by atoms with Crippen LogP contribution >= 0.6 is 22.9 Å². The molecule has 2 aromatic carbocycles. The summed E-state index contributed by atoms with van der Waals surface area (Å²) in [7, 11) is 0. The fraction of sp³-hybridized carbons (Fsp3) is 0.167.